The first-order chi connectivity index (χ1) is 17.5. The Balaban J connectivity index is 2.07. The van der Waals surface area contributed by atoms with Crippen LogP contribution >= 0.6 is 0 Å². The predicted octanol–water partition coefficient (Wildman–Crippen LogP) is 5.37. The molecule has 2 aromatic carbocycles. The van der Waals surface area contributed by atoms with Crippen molar-refractivity contribution >= 4 is 11.9 Å². The molecule has 0 radical (unpaired) electrons. The number of ether oxygens (including phenoxy) is 4. The molecule has 1 aliphatic rings. The van der Waals surface area contributed by atoms with E-state index in [0.717, 1.165) is 29.7 Å². The molecule has 0 N–H and O–H groups in total. The van der Waals surface area contributed by atoms with Gasteiger partial charge >= 0.3 is 11.9 Å². The summed E-state index contributed by atoms with van der Waals surface area (Å²) in [5.41, 5.74) is 2.40. The first kappa shape index (κ1) is 26.9. The van der Waals surface area contributed by atoms with Crippen LogP contribution in [0.5, 0.6) is 11.5 Å². The van der Waals surface area contributed by atoms with Gasteiger partial charge in [0.2, 0.25) is 0 Å². The molecule has 0 saturated carbocycles. The minimum Gasteiger partial charge on any atom is -0.497 e. The Bertz CT molecular complexity index is 1050. The quantitative estimate of drug-likeness (QED) is 0.291. The van der Waals surface area contributed by atoms with Gasteiger partial charge in [0, 0.05) is 24.5 Å². The van der Waals surface area contributed by atoms with Crippen molar-refractivity contribution in [3.63, 3.8) is 0 Å². The maximum atomic E-state index is 13.2. The Morgan fingerprint density at radius 3 is 2.03 bits per heavy atom. The summed E-state index contributed by atoms with van der Waals surface area (Å²) in [4.78, 5) is 28.2. The van der Waals surface area contributed by atoms with E-state index in [2.05, 4.69) is 6.92 Å². The summed E-state index contributed by atoms with van der Waals surface area (Å²) in [6, 6.07) is 15.1. The van der Waals surface area contributed by atoms with Gasteiger partial charge in [0.15, 0.2) is 0 Å². The van der Waals surface area contributed by atoms with E-state index in [1.807, 2.05) is 53.4 Å². The van der Waals surface area contributed by atoms with Crippen LogP contribution in [0.1, 0.15) is 50.7 Å². The highest BCUT2D eigenvalue weighted by atomic mass is 16.5. The van der Waals surface area contributed by atoms with Gasteiger partial charge in [-0.3, -0.25) is 0 Å². The number of carbonyl (C=O) groups is 2. The van der Waals surface area contributed by atoms with Crippen LogP contribution in [0.3, 0.4) is 0 Å². The van der Waals surface area contributed by atoms with Crippen molar-refractivity contribution in [1.82, 2.24) is 4.90 Å². The zero-order valence-electron chi connectivity index (χ0n) is 21.5. The third-order valence-electron chi connectivity index (χ3n) is 5.76. The first-order valence-electron chi connectivity index (χ1n) is 12.4. The maximum Gasteiger partial charge on any atom is 0.336 e. The van der Waals surface area contributed by atoms with Crippen molar-refractivity contribution in [3.05, 3.63) is 83.2 Å². The molecule has 0 atom stereocenters. The van der Waals surface area contributed by atoms with Crippen molar-refractivity contribution in [2.24, 2.45) is 0 Å². The van der Waals surface area contributed by atoms with E-state index in [0.29, 0.717) is 30.0 Å². The second kappa shape index (κ2) is 13.4. The highest BCUT2D eigenvalue weighted by molar-refractivity contribution is 5.99. The van der Waals surface area contributed by atoms with E-state index < -0.39 is 17.9 Å². The Morgan fingerprint density at radius 1 is 0.861 bits per heavy atom. The lowest BCUT2D eigenvalue weighted by molar-refractivity contribution is -0.139. The third kappa shape index (κ3) is 6.68. The standard InChI is InChI=1S/C29H35NO6/c1-5-8-17-36-26-12-10-9-11-23(26)27-24(28(31)34-6-2)19-30(20-25(27)29(32)35-7-3)18-21-13-15-22(33-4)16-14-21/h9-16,19-20,27H,5-8,17-18H2,1-4H3. The van der Waals surface area contributed by atoms with Crippen molar-refractivity contribution in [3.8, 4) is 11.5 Å². The zero-order chi connectivity index (χ0) is 25.9. The molecule has 0 saturated heterocycles. The summed E-state index contributed by atoms with van der Waals surface area (Å²) in [5.74, 6) is -0.276. The summed E-state index contributed by atoms with van der Waals surface area (Å²) >= 11 is 0. The Morgan fingerprint density at radius 2 is 1.47 bits per heavy atom. The number of carbonyl (C=O) groups excluding carboxylic acids is 2. The molecule has 1 aliphatic heterocycles. The van der Waals surface area contributed by atoms with Gasteiger partial charge in [0.05, 0.1) is 44.0 Å². The number of esters is 2. The minimum absolute atomic E-state index is 0.217. The summed E-state index contributed by atoms with van der Waals surface area (Å²) < 4.78 is 22.2. The lowest BCUT2D eigenvalue weighted by Gasteiger charge is -2.31. The molecule has 2 aromatic rings. The van der Waals surface area contributed by atoms with E-state index in [4.69, 9.17) is 18.9 Å². The van der Waals surface area contributed by atoms with Crippen LogP contribution in [0.2, 0.25) is 0 Å². The third-order valence-corrected chi connectivity index (χ3v) is 5.76. The molecule has 0 aliphatic carbocycles. The van der Waals surface area contributed by atoms with Gasteiger partial charge in [-0.2, -0.15) is 0 Å². The van der Waals surface area contributed by atoms with Crippen LogP contribution in [0.15, 0.2) is 72.1 Å². The van der Waals surface area contributed by atoms with E-state index >= 15 is 0 Å². The summed E-state index contributed by atoms with van der Waals surface area (Å²) in [5, 5.41) is 0. The van der Waals surface area contributed by atoms with Crippen LogP contribution in [-0.4, -0.2) is 43.8 Å². The molecule has 0 unspecified atom stereocenters. The molecule has 192 valence electrons. The lowest BCUT2D eigenvalue weighted by Crippen LogP contribution is -2.29. The van der Waals surface area contributed by atoms with Crippen LogP contribution in [0.25, 0.3) is 0 Å². The summed E-state index contributed by atoms with van der Waals surface area (Å²) in [7, 11) is 1.62. The molecule has 0 aromatic heterocycles. The SMILES string of the molecule is CCCCOc1ccccc1C1C(C(=O)OCC)=CN(Cc2ccc(OC)cc2)C=C1C(=O)OCC. The van der Waals surface area contributed by atoms with Crippen molar-refractivity contribution in [2.45, 2.75) is 46.1 Å². The molecule has 36 heavy (non-hydrogen) atoms. The molecule has 7 nitrogen and oxygen atoms in total. The van der Waals surface area contributed by atoms with Crippen LogP contribution in [-0.2, 0) is 25.6 Å². The van der Waals surface area contributed by atoms with Gasteiger partial charge in [-0.25, -0.2) is 9.59 Å². The van der Waals surface area contributed by atoms with Gasteiger partial charge in [-0.1, -0.05) is 43.7 Å². The summed E-state index contributed by atoms with van der Waals surface area (Å²) in [6.45, 7) is 7.03. The zero-order valence-corrected chi connectivity index (χ0v) is 21.5. The number of unbranched alkanes of at least 4 members (excludes halogenated alkanes) is 1. The van der Waals surface area contributed by atoms with Crippen LogP contribution < -0.4 is 9.47 Å². The number of hydrogen-bond acceptors (Lipinski definition) is 7. The van der Waals surface area contributed by atoms with Gasteiger partial charge < -0.3 is 23.8 Å². The monoisotopic (exact) mass is 493 g/mol. The predicted molar refractivity (Wildman–Crippen MR) is 138 cm³/mol. The molecular formula is C29H35NO6. The fourth-order valence-electron chi connectivity index (χ4n) is 4.03. The number of rotatable bonds is 12. The van der Waals surface area contributed by atoms with E-state index in [9.17, 15) is 9.59 Å². The molecule has 0 spiro atoms. The first-order valence-corrected chi connectivity index (χ1v) is 12.4. The summed E-state index contributed by atoms with van der Waals surface area (Å²) in [6.07, 6.45) is 5.39. The average Bonchev–Trinajstić information content (AvgIpc) is 2.89. The van der Waals surface area contributed by atoms with Gasteiger partial charge in [-0.05, 0) is 44.0 Å². The molecule has 3 rings (SSSR count). The van der Waals surface area contributed by atoms with Crippen molar-refractivity contribution in [1.29, 1.82) is 0 Å². The fraction of sp³-hybridized carbons (Fsp3) is 0.379. The Labute approximate surface area is 213 Å². The Hall–Kier alpha value is -3.74. The molecule has 0 amide bonds. The number of hydrogen-bond donors (Lipinski definition) is 0. The second-order valence-electron chi connectivity index (χ2n) is 8.30. The van der Waals surface area contributed by atoms with Crippen LogP contribution in [0.4, 0.5) is 0 Å². The van der Waals surface area contributed by atoms with E-state index in [1.54, 1.807) is 33.4 Å². The average molecular weight is 494 g/mol. The Kier molecular flexibility index (Phi) is 9.98. The molecule has 0 fully saturated rings. The fourth-order valence-corrected chi connectivity index (χ4v) is 4.03. The van der Waals surface area contributed by atoms with Gasteiger partial charge in [0.25, 0.3) is 0 Å². The van der Waals surface area contributed by atoms with Crippen molar-refractivity contribution in [2.75, 3.05) is 26.9 Å². The van der Waals surface area contributed by atoms with Gasteiger partial charge in [-0.15, -0.1) is 0 Å². The normalized spacial score (nSPS) is 13.5. The van der Waals surface area contributed by atoms with E-state index in [1.165, 1.54) is 0 Å². The second-order valence-corrected chi connectivity index (χ2v) is 8.30. The number of benzene rings is 2. The number of para-hydroxylation sites is 1. The minimum atomic E-state index is -0.687. The van der Waals surface area contributed by atoms with Gasteiger partial charge in [0.1, 0.15) is 11.5 Å². The largest absolute Gasteiger partial charge is 0.497 e. The van der Waals surface area contributed by atoms with Crippen LogP contribution in [0, 0.1) is 0 Å². The van der Waals surface area contributed by atoms with E-state index in [-0.39, 0.29) is 13.2 Å². The highest BCUT2D eigenvalue weighted by Crippen LogP contribution is 2.41. The number of nitrogens with zero attached hydrogens (tertiary/aromatic N) is 1. The molecule has 7 heteroatoms. The molecular weight excluding hydrogens is 458 g/mol. The highest BCUT2D eigenvalue weighted by Gasteiger charge is 2.37. The lowest BCUT2D eigenvalue weighted by atomic mass is 9.82. The molecule has 1 heterocycles. The smallest absolute Gasteiger partial charge is 0.336 e. The molecule has 0 bridgehead atoms. The maximum absolute atomic E-state index is 13.2. The number of methoxy groups -OCH3 is 1. The van der Waals surface area contributed by atoms with Crippen molar-refractivity contribution < 1.29 is 28.5 Å². The topological polar surface area (TPSA) is 74.3 Å².